The number of nitriles is 3. The van der Waals surface area contributed by atoms with E-state index in [0.29, 0.717) is 44.0 Å². The van der Waals surface area contributed by atoms with Crippen molar-refractivity contribution < 1.29 is 23.7 Å². The van der Waals surface area contributed by atoms with Crippen LogP contribution in [0.15, 0.2) is 24.3 Å². The van der Waals surface area contributed by atoms with Crippen molar-refractivity contribution in [1.29, 1.82) is 21.2 Å². The number of rotatable bonds is 7. The number of benzene rings is 1. The first-order valence-corrected chi connectivity index (χ1v) is 12.6. The van der Waals surface area contributed by atoms with Crippen molar-refractivity contribution in [1.82, 2.24) is 0 Å². The van der Waals surface area contributed by atoms with Crippen LogP contribution in [-0.4, -0.2) is 37.3 Å². The molecule has 0 aromatic heterocycles. The first-order chi connectivity index (χ1) is 17.4. The highest BCUT2D eigenvalue weighted by Gasteiger charge is 2.82. The van der Waals surface area contributed by atoms with Crippen LogP contribution in [0.25, 0.3) is 0 Å². The molecule has 3 aliphatic heterocycles. The van der Waals surface area contributed by atoms with Crippen molar-refractivity contribution in [2.45, 2.75) is 69.5 Å². The van der Waals surface area contributed by atoms with E-state index >= 15 is 0 Å². The predicted octanol–water partition coefficient (Wildman–Crippen LogP) is 4.51. The van der Waals surface area contributed by atoms with E-state index in [9.17, 15) is 15.8 Å². The van der Waals surface area contributed by atoms with E-state index in [1.807, 2.05) is 0 Å². The number of ether oxygens (including phenoxy) is 5. The summed E-state index contributed by atoms with van der Waals surface area (Å²) in [6.45, 7) is 3.62. The SMILES string of the molecule is CCCCCCOc1ccc(C2OC34CCC5(CC3C(C#N)(C(=N)O4)C2(C#N)C#N)OCCO5)cc1. The fourth-order valence-electron chi connectivity index (χ4n) is 6.31. The standard InChI is InChI=1S/C27H30N4O5/c1-2-3-4-5-12-32-20-8-6-19(7-9-20)22-24(16-28,17-29)26(18-30)21-15-25(33-13-14-34-25)10-11-27(21,35-22)36-23(26)31/h6-9,21-22,31H,2-5,10-15H2,1H3. The van der Waals surface area contributed by atoms with Crippen LogP contribution >= 0.6 is 0 Å². The van der Waals surface area contributed by atoms with Gasteiger partial charge in [-0.1, -0.05) is 38.3 Å². The number of nitrogens with zero attached hydrogens (tertiary/aromatic N) is 3. The van der Waals surface area contributed by atoms with E-state index in [1.165, 1.54) is 6.42 Å². The van der Waals surface area contributed by atoms with Gasteiger partial charge in [-0.3, -0.25) is 5.41 Å². The van der Waals surface area contributed by atoms with Crippen molar-refractivity contribution in [3.05, 3.63) is 29.8 Å². The molecule has 1 saturated carbocycles. The van der Waals surface area contributed by atoms with Crippen molar-refractivity contribution in [3.8, 4) is 24.0 Å². The Balaban J connectivity index is 1.49. The summed E-state index contributed by atoms with van der Waals surface area (Å²) in [4.78, 5) is 0. The summed E-state index contributed by atoms with van der Waals surface area (Å²) in [5, 5.41) is 40.2. The topological polar surface area (TPSA) is 141 Å². The largest absolute Gasteiger partial charge is 0.494 e. The van der Waals surface area contributed by atoms with Crippen molar-refractivity contribution in [3.63, 3.8) is 0 Å². The van der Waals surface area contributed by atoms with Crippen LogP contribution in [0, 0.1) is 56.2 Å². The van der Waals surface area contributed by atoms with Crippen molar-refractivity contribution in [2.75, 3.05) is 19.8 Å². The smallest absolute Gasteiger partial charge is 0.218 e. The zero-order valence-electron chi connectivity index (χ0n) is 20.4. The number of nitrogens with one attached hydrogen (secondary N) is 1. The minimum Gasteiger partial charge on any atom is -0.494 e. The first kappa shape index (κ1) is 24.5. The summed E-state index contributed by atoms with van der Waals surface area (Å²) in [5.74, 6) is -2.73. The fourth-order valence-corrected chi connectivity index (χ4v) is 6.31. The second-order valence-electron chi connectivity index (χ2n) is 10.0. The molecule has 1 aliphatic carbocycles. The second-order valence-corrected chi connectivity index (χ2v) is 10.0. The lowest BCUT2D eigenvalue weighted by Crippen LogP contribution is -2.63. The van der Waals surface area contributed by atoms with E-state index in [4.69, 9.17) is 29.1 Å². The molecule has 2 bridgehead atoms. The molecule has 5 rings (SSSR count). The van der Waals surface area contributed by atoms with Gasteiger partial charge in [-0.05, 0) is 24.1 Å². The molecule has 188 valence electrons. The zero-order valence-corrected chi connectivity index (χ0v) is 20.4. The Morgan fingerprint density at radius 2 is 1.72 bits per heavy atom. The Hall–Kier alpha value is -3.16. The average molecular weight is 491 g/mol. The van der Waals surface area contributed by atoms with Gasteiger partial charge >= 0.3 is 0 Å². The maximum Gasteiger partial charge on any atom is 0.218 e. The molecule has 0 radical (unpaired) electrons. The van der Waals surface area contributed by atoms with Gasteiger partial charge in [0.15, 0.2) is 11.2 Å². The summed E-state index contributed by atoms with van der Waals surface area (Å²) in [5.41, 5.74) is -3.29. The molecule has 0 amide bonds. The highest BCUT2D eigenvalue weighted by Crippen LogP contribution is 2.70. The van der Waals surface area contributed by atoms with Crippen LogP contribution in [0.5, 0.6) is 5.75 Å². The third-order valence-corrected chi connectivity index (χ3v) is 8.18. The Morgan fingerprint density at radius 1 is 1.00 bits per heavy atom. The van der Waals surface area contributed by atoms with Crippen LogP contribution in [-0.2, 0) is 18.9 Å². The van der Waals surface area contributed by atoms with Crippen molar-refractivity contribution in [2.24, 2.45) is 16.7 Å². The van der Waals surface area contributed by atoms with Crippen LogP contribution in [0.3, 0.4) is 0 Å². The number of hydrogen-bond acceptors (Lipinski definition) is 9. The molecule has 1 aromatic carbocycles. The lowest BCUT2D eigenvalue weighted by Gasteiger charge is -2.54. The average Bonchev–Trinajstić information content (AvgIpc) is 3.43. The Kier molecular flexibility index (Phi) is 6.17. The zero-order chi connectivity index (χ0) is 25.4. The molecule has 1 aromatic rings. The van der Waals surface area contributed by atoms with E-state index < -0.39 is 40.3 Å². The molecule has 9 nitrogen and oxygen atoms in total. The Labute approximate surface area is 211 Å². The van der Waals surface area contributed by atoms with Gasteiger partial charge in [0.1, 0.15) is 11.9 Å². The molecule has 4 fully saturated rings. The van der Waals surface area contributed by atoms with Gasteiger partial charge in [-0.2, -0.15) is 15.8 Å². The molecular formula is C27H30N4O5. The molecule has 4 unspecified atom stereocenters. The summed E-state index contributed by atoms with van der Waals surface area (Å²) in [7, 11) is 0. The van der Waals surface area contributed by atoms with Crippen LogP contribution < -0.4 is 4.74 Å². The molecular weight excluding hydrogens is 460 g/mol. The van der Waals surface area contributed by atoms with Gasteiger partial charge in [-0.25, -0.2) is 0 Å². The van der Waals surface area contributed by atoms with Gasteiger partial charge in [0.25, 0.3) is 0 Å². The number of unbranched alkanes of at least 4 members (excludes halogenated alkanes) is 3. The molecule has 1 N–H and O–H groups in total. The van der Waals surface area contributed by atoms with Gasteiger partial charge in [0, 0.05) is 19.3 Å². The maximum atomic E-state index is 10.5. The van der Waals surface area contributed by atoms with Crippen LogP contribution in [0.2, 0.25) is 0 Å². The number of hydrogen-bond donors (Lipinski definition) is 1. The summed E-state index contributed by atoms with van der Waals surface area (Å²) in [6, 6.07) is 13.5. The monoisotopic (exact) mass is 490 g/mol. The Morgan fingerprint density at radius 3 is 2.36 bits per heavy atom. The molecule has 1 spiro atoms. The summed E-state index contributed by atoms with van der Waals surface area (Å²) >= 11 is 0. The summed E-state index contributed by atoms with van der Waals surface area (Å²) < 4.78 is 30.1. The minimum atomic E-state index is -2.01. The maximum absolute atomic E-state index is 10.5. The normalized spacial score (nSPS) is 33.1. The highest BCUT2D eigenvalue weighted by atomic mass is 16.7. The summed E-state index contributed by atoms with van der Waals surface area (Å²) in [6.07, 6.45) is 4.29. The van der Waals surface area contributed by atoms with Gasteiger partial charge in [0.2, 0.25) is 17.1 Å². The lowest BCUT2D eigenvalue weighted by molar-refractivity contribution is -0.330. The minimum absolute atomic E-state index is 0.200. The highest BCUT2D eigenvalue weighted by molar-refractivity contribution is 5.89. The van der Waals surface area contributed by atoms with Crippen LogP contribution in [0.4, 0.5) is 0 Å². The molecule has 36 heavy (non-hydrogen) atoms. The van der Waals surface area contributed by atoms with E-state index in [-0.39, 0.29) is 6.42 Å². The van der Waals surface area contributed by atoms with Gasteiger partial charge in [-0.15, -0.1) is 0 Å². The predicted molar refractivity (Wildman–Crippen MR) is 125 cm³/mol. The second kappa shape index (κ2) is 9.05. The molecule has 9 heteroatoms. The third kappa shape index (κ3) is 3.33. The van der Waals surface area contributed by atoms with Gasteiger partial charge in [0.05, 0.1) is 43.9 Å². The first-order valence-electron chi connectivity index (χ1n) is 12.6. The van der Waals surface area contributed by atoms with E-state index in [2.05, 4.69) is 25.1 Å². The fraction of sp³-hybridized carbons (Fsp3) is 0.630. The third-order valence-electron chi connectivity index (χ3n) is 8.18. The van der Waals surface area contributed by atoms with E-state index in [0.717, 1.165) is 19.3 Å². The molecule has 4 atom stereocenters. The van der Waals surface area contributed by atoms with Crippen LogP contribution in [0.1, 0.15) is 63.5 Å². The van der Waals surface area contributed by atoms with Crippen molar-refractivity contribution >= 4 is 5.90 Å². The van der Waals surface area contributed by atoms with Gasteiger partial charge < -0.3 is 23.7 Å². The quantitative estimate of drug-likeness (QED) is 0.550. The molecule has 3 heterocycles. The molecule has 4 aliphatic rings. The Bertz CT molecular complexity index is 1130. The lowest BCUT2D eigenvalue weighted by atomic mass is 9.51. The molecule has 3 saturated heterocycles. The van der Waals surface area contributed by atoms with E-state index in [1.54, 1.807) is 24.3 Å².